The van der Waals surface area contributed by atoms with Gasteiger partial charge in [-0.2, -0.15) is 0 Å². The number of fused-ring (bicyclic) bond motifs is 2. The zero-order chi connectivity index (χ0) is 28.6. The van der Waals surface area contributed by atoms with Crippen molar-refractivity contribution in [2.45, 2.75) is 46.8 Å². The number of benzene rings is 2. The Morgan fingerprint density at radius 2 is 1.82 bits per heavy atom. The smallest absolute Gasteiger partial charge is 0.412 e. The molecule has 2 atom stereocenters. The van der Waals surface area contributed by atoms with Crippen molar-refractivity contribution in [1.29, 1.82) is 0 Å². The van der Waals surface area contributed by atoms with Crippen LogP contribution in [0.3, 0.4) is 0 Å². The number of carbonyl (C=O) groups is 1. The Bertz CT molecular complexity index is 1710. The van der Waals surface area contributed by atoms with Crippen LogP contribution in [0.25, 0.3) is 31.7 Å². The maximum absolute atomic E-state index is 15.2. The zero-order valence-electron chi connectivity index (χ0n) is 22.7. The second kappa shape index (κ2) is 11.0. The number of hydrogen-bond acceptors (Lipinski definition) is 8. The van der Waals surface area contributed by atoms with E-state index in [1.807, 2.05) is 32.0 Å². The molecule has 1 amide bonds. The number of carboxylic acid groups (broad SMARTS) is 1. The minimum absolute atomic E-state index is 0.0149. The highest BCUT2D eigenvalue weighted by molar-refractivity contribution is 7.21. The topological polar surface area (TPSA) is 111 Å². The third kappa shape index (κ3) is 5.37. The number of thiazole rings is 1. The maximum Gasteiger partial charge on any atom is 0.412 e. The van der Waals surface area contributed by atoms with E-state index < -0.39 is 24.1 Å². The van der Waals surface area contributed by atoms with Gasteiger partial charge < -0.3 is 14.6 Å². The summed E-state index contributed by atoms with van der Waals surface area (Å²) in [4.78, 5) is 30.7. The van der Waals surface area contributed by atoms with Gasteiger partial charge in [0, 0.05) is 23.1 Å². The molecule has 0 aliphatic heterocycles. The van der Waals surface area contributed by atoms with E-state index in [2.05, 4.69) is 15.0 Å². The summed E-state index contributed by atoms with van der Waals surface area (Å²) >= 11 is 1.41. The predicted molar refractivity (Wildman–Crippen MR) is 153 cm³/mol. The molecule has 5 rings (SSSR count). The summed E-state index contributed by atoms with van der Waals surface area (Å²) < 4.78 is 27.5. The van der Waals surface area contributed by atoms with Gasteiger partial charge in [-0.05, 0) is 58.4 Å². The molecule has 11 heteroatoms. The number of aromatic nitrogens is 4. The number of hydrogen-bond donors (Lipinski definition) is 1. The summed E-state index contributed by atoms with van der Waals surface area (Å²) in [6.07, 6.45) is 2.68. The first-order valence-corrected chi connectivity index (χ1v) is 13.6. The minimum Gasteiger partial charge on any atom is -0.492 e. The molecule has 9 nitrogen and oxygen atoms in total. The van der Waals surface area contributed by atoms with E-state index in [0.717, 1.165) is 31.6 Å². The molecular weight excluding hydrogens is 533 g/mol. The average molecular weight is 562 g/mol. The highest BCUT2D eigenvalue weighted by Gasteiger charge is 2.29. The molecule has 0 spiro atoms. The molecule has 0 bridgehead atoms. The van der Waals surface area contributed by atoms with Gasteiger partial charge >= 0.3 is 6.09 Å². The van der Waals surface area contributed by atoms with Gasteiger partial charge in [0.1, 0.15) is 22.7 Å². The van der Waals surface area contributed by atoms with Crippen LogP contribution in [0.4, 0.5) is 14.9 Å². The molecule has 2 aromatic carbocycles. The van der Waals surface area contributed by atoms with Crippen molar-refractivity contribution in [1.82, 2.24) is 19.9 Å². The summed E-state index contributed by atoms with van der Waals surface area (Å²) in [6, 6.07) is 8.28. The lowest BCUT2D eigenvalue weighted by molar-refractivity contribution is 0.167. The van der Waals surface area contributed by atoms with Gasteiger partial charge in [0.25, 0.3) is 0 Å². The predicted octanol–water partition coefficient (Wildman–Crippen LogP) is 6.80. The van der Waals surface area contributed by atoms with Gasteiger partial charge in [0.05, 0.1) is 52.7 Å². The molecule has 0 aliphatic carbocycles. The van der Waals surface area contributed by atoms with E-state index in [9.17, 15) is 9.90 Å². The number of nitrogens with zero attached hydrogens (tertiary/aromatic N) is 5. The minimum atomic E-state index is -1.19. The summed E-state index contributed by atoms with van der Waals surface area (Å²) in [6.45, 7) is 9.56. The first-order valence-electron chi connectivity index (χ1n) is 12.8. The Balaban J connectivity index is 1.45. The van der Waals surface area contributed by atoms with Crippen LogP contribution in [0.5, 0.6) is 11.5 Å². The lowest BCUT2D eigenvalue weighted by atomic mass is 10.1. The second-order valence-electron chi connectivity index (χ2n) is 9.46. The molecule has 1 N–H and O–H groups in total. The summed E-state index contributed by atoms with van der Waals surface area (Å²) in [5, 5.41) is 11.5. The standard InChI is InChI=1S/C29H28FN5O4S/c1-6-38-21-9-19-7-15(2)8-22(27(19)33-14-21)28-34-24-10-23(30)25(11-26(24)40-28)39-17(4)16(3)35(29(36)37)20-12-31-18(5)32-13-20/h7-14,16-17H,6H2,1-5H3,(H,36,37)/t16-,17+/m1/s1. The Morgan fingerprint density at radius 1 is 1.07 bits per heavy atom. The largest absolute Gasteiger partial charge is 0.492 e. The van der Waals surface area contributed by atoms with Crippen LogP contribution >= 0.6 is 11.3 Å². The Hall–Kier alpha value is -4.38. The van der Waals surface area contributed by atoms with E-state index in [1.54, 1.807) is 33.0 Å². The molecule has 0 fully saturated rings. The first-order chi connectivity index (χ1) is 19.1. The van der Waals surface area contributed by atoms with Crippen molar-refractivity contribution in [2.24, 2.45) is 0 Å². The van der Waals surface area contributed by atoms with Crippen molar-refractivity contribution in [3.63, 3.8) is 0 Å². The van der Waals surface area contributed by atoms with E-state index in [-0.39, 0.29) is 5.75 Å². The van der Waals surface area contributed by atoms with Gasteiger partial charge in [-0.15, -0.1) is 11.3 Å². The van der Waals surface area contributed by atoms with Gasteiger partial charge in [0.2, 0.25) is 0 Å². The third-order valence-corrected chi connectivity index (χ3v) is 7.59. The lowest BCUT2D eigenvalue weighted by Gasteiger charge is -2.30. The third-order valence-electron chi connectivity index (χ3n) is 6.54. The van der Waals surface area contributed by atoms with E-state index in [4.69, 9.17) is 14.5 Å². The highest BCUT2D eigenvalue weighted by atomic mass is 32.1. The zero-order valence-corrected chi connectivity index (χ0v) is 23.5. The summed E-state index contributed by atoms with van der Waals surface area (Å²) in [5.41, 5.74) is 3.46. The van der Waals surface area contributed by atoms with Crippen molar-refractivity contribution in [3.8, 4) is 22.1 Å². The van der Waals surface area contributed by atoms with Crippen LogP contribution < -0.4 is 14.4 Å². The number of pyridine rings is 1. The Kier molecular flexibility index (Phi) is 7.49. The van der Waals surface area contributed by atoms with Crippen LogP contribution in [0.15, 0.2) is 48.9 Å². The van der Waals surface area contributed by atoms with Gasteiger partial charge in [-0.25, -0.2) is 24.1 Å². The molecule has 0 radical (unpaired) electrons. The molecular formula is C29H28FN5O4S. The van der Waals surface area contributed by atoms with E-state index in [1.165, 1.54) is 29.8 Å². The average Bonchev–Trinajstić information content (AvgIpc) is 3.31. The summed E-state index contributed by atoms with van der Waals surface area (Å²) in [7, 11) is 0. The Labute approximate surface area is 234 Å². The molecule has 0 saturated heterocycles. The molecule has 40 heavy (non-hydrogen) atoms. The normalized spacial score (nSPS) is 12.8. The van der Waals surface area contributed by atoms with Gasteiger partial charge in [-0.1, -0.05) is 0 Å². The van der Waals surface area contributed by atoms with E-state index in [0.29, 0.717) is 34.4 Å². The fourth-order valence-electron chi connectivity index (χ4n) is 4.46. The van der Waals surface area contributed by atoms with Crippen molar-refractivity contribution in [2.75, 3.05) is 11.5 Å². The fourth-order valence-corrected chi connectivity index (χ4v) is 5.46. The first kappa shape index (κ1) is 27.2. The molecule has 0 saturated carbocycles. The van der Waals surface area contributed by atoms with Crippen LogP contribution in [-0.4, -0.2) is 49.9 Å². The molecule has 0 aliphatic rings. The lowest BCUT2D eigenvalue weighted by Crippen LogP contribution is -2.46. The number of anilines is 1. The Morgan fingerprint density at radius 3 is 2.52 bits per heavy atom. The van der Waals surface area contributed by atoms with Gasteiger partial charge in [-0.3, -0.25) is 9.88 Å². The molecule has 0 unspecified atom stereocenters. The van der Waals surface area contributed by atoms with Crippen LogP contribution in [0.1, 0.15) is 32.2 Å². The highest BCUT2D eigenvalue weighted by Crippen LogP contribution is 2.38. The molecule has 206 valence electrons. The molecule has 5 aromatic rings. The van der Waals surface area contributed by atoms with Crippen molar-refractivity contribution >= 4 is 44.2 Å². The van der Waals surface area contributed by atoms with Crippen LogP contribution in [0, 0.1) is 19.7 Å². The number of halogens is 1. The number of aryl methyl sites for hydroxylation is 2. The summed E-state index contributed by atoms with van der Waals surface area (Å²) in [5.74, 6) is 0.646. The molecule has 3 aromatic heterocycles. The van der Waals surface area contributed by atoms with Crippen LogP contribution in [-0.2, 0) is 0 Å². The monoisotopic (exact) mass is 561 g/mol. The van der Waals surface area contributed by atoms with Gasteiger partial charge in [0.15, 0.2) is 11.6 Å². The maximum atomic E-state index is 15.2. The number of ether oxygens (including phenoxy) is 2. The molecule has 3 heterocycles. The van der Waals surface area contributed by atoms with Crippen molar-refractivity contribution in [3.05, 3.63) is 66.1 Å². The SMILES string of the molecule is CCOc1cnc2c(-c3nc4cc(F)c(O[C@@H](C)[C@@H](C)N(C(=O)O)c5cnc(C)nc5)cc4s3)cc(C)cc2c1. The second-order valence-corrected chi connectivity index (χ2v) is 10.5. The fraction of sp³-hybridized carbons (Fsp3) is 0.276. The van der Waals surface area contributed by atoms with Crippen molar-refractivity contribution < 1.29 is 23.8 Å². The van der Waals surface area contributed by atoms with Crippen LogP contribution in [0.2, 0.25) is 0 Å². The quantitative estimate of drug-likeness (QED) is 0.220. The van der Waals surface area contributed by atoms with E-state index >= 15 is 4.39 Å². The number of rotatable bonds is 8. The number of amides is 1.